The summed E-state index contributed by atoms with van der Waals surface area (Å²) >= 11 is 0. The number of carbonyl (C=O) groups excluding carboxylic acids is 1. The van der Waals surface area contributed by atoms with Gasteiger partial charge in [-0.25, -0.2) is 4.79 Å². The number of fused-ring (bicyclic) bond motifs is 1. The fourth-order valence-corrected chi connectivity index (χ4v) is 1.60. The average molecular weight is 236 g/mol. The molecule has 1 aliphatic rings. The molecule has 1 aromatic carbocycles. The van der Waals surface area contributed by atoms with Gasteiger partial charge in [0.25, 0.3) is 5.91 Å². The van der Waals surface area contributed by atoms with Crippen molar-refractivity contribution >= 4 is 17.6 Å². The summed E-state index contributed by atoms with van der Waals surface area (Å²) in [7, 11) is 0. The number of ether oxygens (including phenoxy) is 1. The molecule has 1 aromatic rings. The highest BCUT2D eigenvalue weighted by atomic mass is 16.5. The molecule has 6 heteroatoms. The summed E-state index contributed by atoms with van der Waals surface area (Å²) in [5.74, 6) is -1.30. The maximum atomic E-state index is 11.4. The number of amides is 1. The van der Waals surface area contributed by atoms with E-state index in [1.54, 1.807) is 18.2 Å². The van der Waals surface area contributed by atoms with Crippen LogP contribution in [0.3, 0.4) is 0 Å². The van der Waals surface area contributed by atoms with Crippen molar-refractivity contribution < 1.29 is 19.4 Å². The van der Waals surface area contributed by atoms with Gasteiger partial charge in [-0.2, -0.15) is 0 Å². The summed E-state index contributed by atoms with van der Waals surface area (Å²) in [4.78, 5) is 21.9. The van der Waals surface area contributed by atoms with Crippen LogP contribution in [0.5, 0.6) is 5.75 Å². The third-order valence-electron chi connectivity index (χ3n) is 2.51. The Hall–Kier alpha value is -2.08. The number of hydrogen-bond acceptors (Lipinski definition) is 4. The Labute approximate surface area is 97.4 Å². The van der Waals surface area contributed by atoms with Crippen molar-refractivity contribution in [3.8, 4) is 5.75 Å². The Kier molecular flexibility index (Phi) is 2.97. The van der Waals surface area contributed by atoms with E-state index in [0.717, 1.165) is 17.7 Å². The van der Waals surface area contributed by atoms with Crippen LogP contribution in [-0.4, -0.2) is 29.6 Å². The second-order valence-corrected chi connectivity index (χ2v) is 3.73. The van der Waals surface area contributed by atoms with E-state index < -0.39 is 17.9 Å². The number of rotatable bonds is 3. The van der Waals surface area contributed by atoms with Crippen LogP contribution in [0.1, 0.15) is 5.56 Å². The number of hydrogen-bond donors (Lipinski definition) is 3. The fourth-order valence-electron chi connectivity index (χ4n) is 1.60. The lowest BCUT2D eigenvalue weighted by atomic mass is 10.1. The van der Waals surface area contributed by atoms with Crippen molar-refractivity contribution in [1.82, 2.24) is 0 Å². The summed E-state index contributed by atoms with van der Waals surface area (Å²) < 4.78 is 5.31. The van der Waals surface area contributed by atoms with E-state index in [0.29, 0.717) is 12.3 Å². The van der Waals surface area contributed by atoms with Crippen LogP contribution in [0.15, 0.2) is 18.2 Å². The first-order chi connectivity index (χ1) is 8.08. The summed E-state index contributed by atoms with van der Waals surface area (Å²) in [5.41, 5.74) is 6.70. The van der Waals surface area contributed by atoms with Crippen molar-refractivity contribution in [3.05, 3.63) is 23.8 Å². The molecule has 4 N–H and O–H groups in total. The van der Waals surface area contributed by atoms with Gasteiger partial charge in [-0.15, -0.1) is 0 Å². The molecule has 1 amide bonds. The van der Waals surface area contributed by atoms with Gasteiger partial charge < -0.3 is 20.9 Å². The molecule has 0 fully saturated rings. The molecule has 0 bridgehead atoms. The van der Waals surface area contributed by atoms with Gasteiger partial charge >= 0.3 is 5.97 Å². The van der Waals surface area contributed by atoms with Crippen LogP contribution in [0.25, 0.3) is 0 Å². The zero-order valence-electron chi connectivity index (χ0n) is 8.97. The smallest absolute Gasteiger partial charge is 0.330 e. The summed E-state index contributed by atoms with van der Waals surface area (Å²) in [5, 5.41) is 11.0. The van der Waals surface area contributed by atoms with E-state index in [-0.39, 0.29) is 0 Å². The van der Waals surface area contributed by atoms with Crippen LogP contribution in [0, 0.1) is 0 Å². The van der Waals surface area contributed by atoms with E-state index in [1.165, 1.54) is 0 Å². The van der Waals surface area contributed by atoms with Crippen LogP contribution >= 0.6 is 0 Å². The van der Waals surface area contributed by atoms with Crippen LogP contribution in [0.4, 0.5) is 5.69 Å². The van der Waals surface area contributed by atoms with Crippen LogP contribution < -0.4 is 15.8 Å². The topological polar surface area (TPSA) is 102 Å². The maximum absolute atomic E-state index is 11.4. The van der Waals surface area contributed by atoms with E-state index in [4.69, 9.17) is 15.6 Å². The molecular weight excluding hydrogens is 224 g/mol. The molecule has 0 aromatic heterocycles. The highest BCUT2D eigenvalue weighted by Gasteiger charge is 2.21. The van der Waals surface area contributed by atoms with Gasteiger partial charge in [0, 0.05) is 12.1 Å². The SMILES string of the molecule is NC(C(=O)O)C(=O)Nc1ccc2c(c1)CCO2. The maximum Gasteiger partial charge on any atom is 0.330 e. The van der Waals surface area contributed by atoms with Gasteiger partial charge in [-0.05, 0) is 23.8 Å². The molecule has 0 aliphatic carbocycles. The molecule has 0 saturated carbocycles. The molecule has 1 aliphatic heterocycles. The molecule has 1 atom stereocenters. The highest BCUT2D eigenvalue weighted by molar-refractivity contribution is 6.07. The Bertz CT molecular complexity index is 473. The number of anilines is 1. The summed E-state index contributed by atoms with van der Waals surface area (Å²) in [6, 6.07) is 3.59. The van der Waals surface area contributed by atoms with Crippen molar-refractivity contribution in [3.63, 3.8) is 0 Å². The molecule has 6 nitrogen and oxygen atoms in total. The van der Waals surface area contributed by atoms with Crippen LogP contribution in [-0.2, 0) is 16.0 Å². The number of nitrogens with two attached hydrogens (primary N) is 1. The van der Waals surface area contributed by atoms with Crippen LogP contribution in [0.2, 0.25) is 0 Å². The van der Waals surface area contributed by atoms with Crippen molar-refractivity contribution in [1.29, 1.82) is 0 Å². The minimum Gasteiger partial charge on any atom is -0.493 e. The quantitative estimate of drug-likeness (QED) is 0.640. The number of carboxylic acids is 1. The predicted molar refractivity (Wildman–Crippen MR) is 59.9 cm³/mol. The standard InChI is InChI=1S/C11H12N2O4/c12-9(11(15)16)10(14)13-7-1-2-8-6(5-7)3-4-17-8/h1-2,5,9H,3-4,12H2,(H,13,14)(H,15,16). The van der Waals surface area contributed by atoms with Crippen molar-refractivity contribution in [2.75, 3.05) is 11.9 Å². The van der Waals surface area contributed by atoms with Gasteiger partial charge in [-0.1, -0.05) is 0 Å². The molecule has 2 rings (SSSR count). The second kappa shape index (κ2) is 4.42. The molecule has 1 unspecified atom stereocenters. The lowest BCUT2D eigenvalue weighted by Gasteiger charge is -2.09. The molecule has 0 radical (unpaired) electrons. The minimum absolute atomic E-state index is 0.524. The van der Waals surface area contributed by atoms with Gasteiger partial charge in [0.05, 0.1) is 6.61 Å². The zero-order chi connectivity index (χ0) is 12.4. The molecule has 0 spiro atoms. The number of aliphatic carboxylic acids is 1. The van der Waals surface area contributed by atoms with E-state index in [1.807, 2.05) is 0 Å². The summed E-state index contributed by atoms with van der Waals surface area (Å²) in [6.45, 7) is 0.626. The highest BCUT2D eigenvalue weighted by Crippen LogP contribution is 2.27. The first-order valence-corrected chi connectivity index (χ1v) is 5.13. The number of carbonyl (C=O) groups is 2. The van der Waals surface area contributed by atoms with E-state index in [2.05, 4.69) is 5.32 Å². The Morgan fingerprint density at radius 3 is 2.94 bits per heavy atom. The molecule has 17 heavy (non-hydrogen) atoms. The average Bonchev–Trinajstić information content (AvgIpc) is 2.74. The molecule has 90 valence electrons. The van der Waals surface area contributed by atoms with Crippen molar-refractivity contribution in [2.45, 2.75) is 12.5 Å². The predicted octanol–water partition coefficient (Wildman–Crippen LogP) is -0.0281. The van der Waals surface area contributed by atoms with Crippen molar-refractivity contribution in [2.24, 2.45) is 5.73 Å². The molecule has 1 heterocycles. The van der Waals surface area contributed by atoms with Gasteiger partial charge in [0.1, 0.15) is 5.75 Å². The number of carboxylic acid groups (broad SMARTS) is 1. The Morgan fingerprint density at radius 2 is 2.24 bits per heavy atom. The molecular formula is C11H12N2O4. The first kappa shape index (κ1) is 11.4. The Balaban J connectivity index is 2.09. The van der Waals surface area contributed by atoms with Gasteiger partial charge in [0.2, 0.25) is 0 Å². The monoisotopic (exact) mass is 236 g/mol. The fraction of sp³-hybridized carbons (Fsp3) is 0.273. The third-order valence-corrected chi connectivity index (χ3v) is 2.51. The second-order valence-electron chi connectivity index (χ2n) is 3.73. The van der Waals surface area contributed by atoms with Gasteiger partial charge in [0.15, 0.2) is 6.04 Å². The normalized spacial score (nSPS) is 14.6. The lowest BCUT2D eigenvalue weighted by Crippen LogP contribution is -2.42. The zero-order valence-corrected chi connectivity index (χ0v) is 8.97. The molecule has 0 saturated heterocycles. The largest absolute Gasteiger partial charge is 0.493 e. The summed E-state index contributed by atoms with van der Waals surface area (Å²) in [6.07, 6.45) is 0.782. The minimum atomic E-state index is -1.56. The van der Waals surface area contributed by atoms with E-state index in [9.17, 15) is 9.59 Å². The lowest BCUT2D eigenvalue weighted by molar-refractivity contribution is -0.141. The Morgan fingerprint density at radius 1 is 1.47 bits per heavy atom. The third kappa shape index (κ3) is 2.36. The first-order valence-electron chi connectivity index (χ1n) is 5.13. The van der Waals surface area contributed by atoms with E-state index >= 15 is 0 Å². The number of benzene rings is 1. The van der Waals surface area contributed by atoms with Gasteiger partial charge in [-0.3, -0.25) is 4.79 Å². The number of nitrogens with one attached hydrogen (secondary N) is 1.